The normalized spacial score (nSPS) is 17.1. The number of benzene rings is 3. The van der Waals surface area contributed by atoms with E-state index >= 15 is 0 Å². The van der Waals surface area contributed by atoms with E-state index in [1.54, 1.807) is 0 Å². The number of allylic oxidation sites excluding steroid dienone is 1. The molecule has 0 unspecified atom stereocenters. The minimum atomic E-state index is -0.452. The van der Waals surface area contributed by atoms with Crippen LogP contribution in [0.2, 0.25) is 0 Å². The van der Waals surface area contributed by atoms with Crippen LogP contribution < -0.4 is 10.9 Å². The highest BCUT2D eigenvalue weighted by atomic mass is 16.7. The lowest BCUT2D eigenvalue weighted by molar-refractivity contribution is 0.00578. The quantitative estimate of drug-likeness (QED) is 0.365. The lowest BCUT2D eigenvalue weighted by atomic mass is 9.32. The second kappa shape index (κ2) is 9.97. The molecule has 1 aliphatic heterocycles. The van der Waals surface area contributed by atoms with Crippen LogP contribution in [0.5, 0.6) is 0 Å². The molecule has 2 nitrogen and oxygen atoms in total. The first-order valence-corrected chi connectivity index (χ1v) is 13.5. The van der Waals surface area contributed by atoms with Crippen molar-refractivity contribution in [3.63, 3.8) is 0 Å². The lowest BCUT2D eigenvalue weighted by Crippen LogP contribution is -2.49. The molecule has 0 bridgehead atoms. The van der Waals surface area contributed by atoms with Crippen LogP contribution >= 0.6 is 0 Å². The molecule has 3 aromatic carbocycles. The summed E-state index contributed by atoms with van der Waals surface area (Å²) in [7, 11) is -0.452. The molecule has 0 radical (unpaired) electrons. The molecule has 0 N–H and O–H groups in total. The monoisotopic (exact) mass is 492 g/mol. The minimum absolute atomic E-state index is 0.0791. The fourth-order valence-electron chi connectivity index (χ4n) is 6.15. The zero-order valence-corrected chi connectivity index (χ0v) is 24.7. The van der Waals surface area contributed by atoms with Crippen LogP contribution in [-0.2, 0) is 9.31 Å². The Morgan fingerprint density at radius 1 is 0.649 bits per heavy atom. The van der Waals surface area contributed by atoms with Gasteiger partial charge in [0.15, 0.2) is 0 Å². The summed E-state index contributed by atoms with van der Waals surface area (Å²) in [4.78, 5) is 0. The third kappa shape index (κ3) is 5.11. The molecule has 0 aliphatic carbocycles. The van der Waals surface area contributed by atoms with Crippen molar-refractivity contribution in [3.05, 3.63) is 99.0 Å². The average molecular weight is 492 g/mol. The topological polar surface area (TPSA) is 18.5 Å². The molecule has 0 saturated carbocycles. The summed E-state index contributed by atoms with van der Waals surface area (Å²) < 4.78 is 13.4. The zero-order chi connectivity index (χ0) is 27.3. The number of hydrogen-bond donors (Lipinski definition) is 0. The summed E-state index contributed by atoms with van der Waals surface area (Å²) in [6, 6.07) is 19.9. The van der Waals surface area contributed by atoms with Gasteiger partial charge < -0.3 is 9.31 Å². The number of rotatable bonds is 5. The van der Waals surface area contributed by atoms with Gasteiger partial charge in [0.1, 0.15) is 0 Å². The fraction of sp³-hybridized carbons (Fsp3) is 0.394. The van der Waals surface area contributed by atoms with Crippen LogP contribution in [-0.4, -0.2) is 25.0 Å². The molecule has 192 valence electrons. The highest BCUT2D eigenvalue weighted by Crippen LogP contribution is 2.41. The second-order valence-corrected chi connectivity index (χ2v) is 12.1. The Kier molecular flexibility index (Phi) is 7.40. The summed E-state index contributed by atoms with van der Waals surface area (Å²) in [5, 5.41) is 0. The molecule has 1 heterocycles. The third-order valence-electron chi connectivity index (χ3n) is 8.49. The fourth-order valence-corrected chi connectivity index (χ4v) is 6.15. The van der Waals surface area contributed by atoms with Gasteiger partial charge in [-0.25, -0.2) is 0 Å². The first kappa shape index (κ1) is 27.5. The van der Waals surface area contributed by atoms with Crippen LogP contribution in [0.1, 0.15) is 73.6 Å². The number of aryl methyl sites for hydroxylation is 6. The van der Waals surface area contributed by atoms with E-state index in [0.717, 1.165) is 11.0 Å². The van der Waals surface area contributed by atoms with Crippen LogP contribution in [0.15, 0.2) is 60.1 Å². The Balaban J connectivity index is 2.08. The molecule has 3 aromatic rings. The molecule has 0 spiro atoms. The van der Waals surface area contributed by atoms with E-state index in [2.05, 4.69) is 131 Å². The molecule has 0 atom stereocenters. The second-order valence-electron chi connectivity index (χ2n) is 12.1. The maximum atomic E-state index is 6.70. The summed E-state index contributed by atoms with van der Waals surface area (Å²) >= 11 is 0. The van der Waals surface area contributed by atoms with Gasteiger partial charge in [0.05, 0.1) is 11.2 Å². The summed E-state index contributed by atoms with van der Waals surface area (Å²) in [6.45, 7) is 24.3. The first-order valence-electron chi connectivity index (χ1n) is 13.5. The van der Waals surface area contributed by atoms with Gasteiger partial charge in [0.25, 0.3) is 0 Å². The van der Waals surface area contributed by atoms with E-state index in [-0.39, 0.29) is 6.71 Å². The summed E-state index contributed by atoms with van der Waals surface area (Å²) in [5.74, 6) is 0. The van der Waals surface area contributed by atoms with E-state index in [1.165, 1.54) is 49.8 Å². The van der Waals surface area contributed by atoms with Crippen molar-refractivity contribution in [2.75, 3.05) is 0 Å². The predicted octanol–water partition coefficient (Wildman–Crippen LogP) is 6.79. The van der Waals surface area contributed by atoms with Gasteiger partial charge in [-0.15, -0.1) is 0 Å². The summed E-state index contributed by atoms with van der Waals surface area (Å²) in [6.07, 6.45) is 0. The maximum absolute atomic E-state index is 6.70. The lowest BCUT2D eigenvalue weighted by Gasteiger charge is -2.32. The van der Waals surface area contributed by atoms with Crippen molar-refractivity contribution in [1.82, 2.24) is 0 Å². The maximum Gasteiger partial charge on any atom is 0.494 e. The van der Waals surface area contributed by atoms with Crippen LogP contribution in [0.25, 0.3) is 5.47 Å². The van der Waals surface area contributed by atoms with Gasteiger partial charge in [-0.2, -0.15) is 0 Å². The van der Waals surface area contributed by atoms with Gasteiger partial charge in [0, 0.05) is 0 Å². The smallest absolute Gasteiger partial charge is 0.399 e. The standard InChI is InChI=1S/C33H42B2O2/c1-21-17-23(3)29(24(4)18-21)34(30-25(5)19-22(2)20-26(30)6)27(7)31(28-15-13-12-14-16-28)35-36-32(8,9)33(10,11)37-35/h12-20H,1-11H3/b31-27-. The van der Waals surface area contributed by atoms with Gasteiger partial charge in [-0.3, -0.25) is 0 Å². The van der Waals surface area contributed by atoms with Crippen LogP contribution in [0, 0.1) is 41.5 Å². The van der Waals surface area contributed by atoms with Gasteiger partial charge in [0.2, 0.25) is 6.71 Å². The van der Waals surface area contributed by atoms with Gasteiger partial charge in [-0.05, 0) is 80.3 Å². The van der Waals surface area contributed by atoms with E-state index < -0.39 is 18.3 Å². The van der Waals surface area contributed by atoms with Crippen molar-refractivity contribution >= 4 is 30.2 Å². The van der Waals surface area contributed by atoms with Crippen molar-refractivity contribution in [1.29, 1.82) is 0 Å². The predicted molar refractivity (Wildman–Crippen MR) is 161 cm³/mol. The van der Waals surface area contributed by atoms with Crippen molar-refractivity contribution < 1.29 is 9.31 Å². The molecule has 37 heavy (non-hydrogen) atoms. The largest absolute Gasteiger partial charge is 0.494 e. The SMILES string of the molecule is C/C(B(c1c(C)cc(C)cc1C)c1c(C)cc(C)cc1C)=C(/B1OC(C)(C)C(C)(C)O1)c1ccccc1. The zero-order valence-electron chi connectivity index (χ0n) is 24.7. The first-order chi connectivity index (χ1) is 17.2. The molecule has 1 aliphatic rings. The van der Waals surface area contributed by atoms with Crippen molar-refractivity contribution in [2.45, 2.75) is 87.4 Å². The molecular weight excluding hydrogens is 450 g/mol. The number of hydrogen-bond acceptors (Lipinski definition) is 2. The Bertz CT molecular complexity index is 1230. The Morgan fingerprint density at radius 3 is 1.41 bits per heavy atom. The van der Waals surface area contributed by atoms with Gasteiger partial charge >= 0.3 is 7.12 Å². The minimum Gasteiger partial charge on any atom is -0.399 e. The van der Waals surface area contributed by atoms with Crippen LogP contribution in [0.4, 0.5) is 0 Å². The Labute approximate surface area is 225 Å². The summed E-state index contributed by atoms with van der Waals surface area (Å²) in [5.41, 5.74) is 13.3. The van der Waals surface area contributed by atoms with E-state index in [4.69, 9.17) is 9.31 Å². The highest BCUT2D eigenvalue weighted by molar-refractivity contribution is 6.94. The van der Waals surface area contributed by atoms with Crippen molar-refractivity contribution in [2.24, 2.45) is 0 Å². The molecule has 0 amide bonds. The molecule has 1 saturated heterocycles. The average Bonchev–Trinajstić information content (AvgIpc) is 2.98. The molecule has 4 rings (SSSR count). The third-order valence-corrected chi connectivity index (χ3v) is 8.49. The molecular formula is C33H42B2O2. The van der Waals surface area contributed by atoms with E-state index in [9.17, 15) is 0 Å². The van der Waals surface area contributed by atoms with Gasteiger partial charge in [-0.1, -0.05) is 111 Å². The van der Waals surface area contributed by atoms with E-state index in [0.29, 0.717) is 0 Å². The molecule has 1 fully saturated rings. The highest BCUT2D eigenvalue weighted by Gasteiger charge is 2.53. The van der Waals surface area contributed by atoms with Crippen molar-refractivity contribution in [3.8, 4) is 0 Å². The molecule has 0 aromatic heterocycles. The Morgan fingerprint density at radius 2 is 1.03 bits per heavy atom. The van der Waals surface area contributed by atoms with E-state index in [1.807, 2.05) is 0 Å². The van der Waals surface area contributed by atoms with Crippen LogP contribution in [0.3, 0.4) is 0 Å². The molecule has 4 heteroatoms. The Hall–Kier alpha value is -2.55.